The Balaban J connectivity index is 1.53. The van der Waals surface area contributed by atoms with E-state index >= 15 is 0 Å². The third-order valence-electron chi connectivity index (χ3n) is 5.41. The molecule has 1 heterocycles. The van der Waals surface area contributed by atoms with Gasteiger partial charge >= 0.3 is 12.1 Å². The van der Waals surface area contributed by atoms with Crippen molar-refractivity contribution in [2.45, 2.75) is 45.1 Å². The van der Waals surface area contributed by atoms with E-state index in [1.165, 1.54) is 22.8 Å². The summed E-state index contributed by atoms with van der Waals surface area (Å²) in [6.07, 6.45) is 5.29. The molecule has 3 N–H and O–H groups in total. The minimum atomic E-state index is -0.512. The lowest BCUT2D eigenvalue weighted by Gasteiger charge is -2.27. The van der Waals surface area contributed by atoms with Crippen molar-refractivity contribution in [3.63, 3.8) is 0 Å². The number of aromatic nitrogens is 1. The maximum absolute atomic E-state index is 13.1. The van der Waals surface area contributed by atoms with Crippen LogP contribution in [0.1, 0.15) is 37.7 Å². The molecule has 2 aromatic carbocycles. The normalized spacial score (nSPS) is 13.9. The Hall–Kier alpha value is -3.39. The molecule has 4 rings (SSSR count). The molecule has 1 fully saturated rings. The molecule has 8 heteroatoms. The first kappa shape index (κ1) is 21.8. The van der Waals surface area contributed by atoms with Crippen molar-refractivity contribution in [2.24, 2.45) is 0 Å². The third kappa shape index (κ3) is 5.64. The van der Waals surface area contributed by atoms with Gasteiger partial charge in [0.25, 0.3) is 0 Å². The molecule has 0 radical (unpaired) electrons. The smallest absolute Gasteiger partial charge is 0.333 e. The maximum atomic E-state index is 13.1. The highest BCUT2D eigenvalue weighted by Gasteiger charge is 2.25. The van der Waals surface area contributed by atoms with Crippen LogP contribution in [0.4, 0.5) is 20.4 Å². The molecule has 1 saturated carbocycles. The minimum absolute atomic E-state index is 0.106. The van der Waals surface area contributed by atoms with E-state index in [2.05, 4.69) is 21.0 Å². The lowest BCUT2D eigenvalue weighted by Crippen LogP contribution is -2.54. The molecule has 166 valence electrons. The van der Waals surface area contributed by atoms with Crippen LogP contribution in [-0.4, -0.2) is 23.1 Å². The summed E-state index contributed by atoms with van der Waals surface area (Å²) in [6, 6.07) is 16.3. The van der Waals surface area contributed by atoms with Crippen LogP contribution in [0.2, 0.25) is 0 Å². The first-order valence-corrected chi connectivity index (χ1v) is 11.7. The number of hydrazine groups is 1. The number of amides is 4. The minimum Gasteiger partial charge on any atom is -0.333 e. The maximum Gasteiger partial charge on any atom is 0.343 e. The second kappa shape index (κ2) is 10.3. The van der Waals surface area contributed by atoms with Gasteiger partial charge in [0, 0.05) is 22.7 Å². The summed E-state index contributed by atoms with van der Waals surface area (Å²) in [5.74, 6) is 0. The van der Waals surface area contributed by atoms with Crippen molar-refractivity contribution in [3.05, 3.63) is 65.5 Å². The quantitative estimate of drug-likeness (QED) is 0.446. The van der Waals surface area contributed by atoms with E-state index in [-0.39, 0.29) is 12.1 Å². The van der Waals surface area contributed by atoms with Gasteiger partial charge in [0.1, 0.15) is 0 Å². The van der Waals surface area contributed by atoms with Crippen LogP contribution in [0.25, 0.3) is 11.3 Å². The molecule has 3 aromatic rings. The molecule has 0 atom stereocenters. The monoisotopic (exact) mass is 449 g/mol. The Kier molecular flexibility index (Phi) is 7.01. The number of nitrogens with zero attached hydrogens (tertiary/aromatic N) is 2. The number of thiazole rings is 1. The van der Waals surface area contributed by atoms with E-state index in [1.807, 2.05) is 54.8 Å². The number of rotatable bonds is 4. The molecule has 1 aliphatic carbocycles. The average Bonchev–Trinajstić information content (AvgIpc) is 3.29. The van der Waals surface area contributed by atoms with Crippen LogP contribution in [0.15, 0.2) is 60.0 Å². The SMILES string of the molecule is Cc1ccc(-c2csc(N(NC(=O)Nc3ccccc3)C(=O)NC3CCCCC3)n2)cc1. The third-order valence-corrected chi connectivity index (χ3v) is 6.24. The lowest BCUT2D eigenvalue weighted by molar-refractivity contribution is 0.231. The molecule has 0 spiro atoms. The summed E-state index contributed by atoms with van der Waals surface area (Å²) in [6.45, 7) is 2.03. The van der Waals surface area contributed by atoms with E-state index in [0.29, 0.717) is 10.8 Å². The number of para-hydroxylation sites is 1. The molecule has 0 unspecified atom stereocenters. The molecule has 0 aliphatic heterocycles. The number of aryl methyl sites for hydroxylation is 1. The molecule has 0 saturated heterocycles. The number of carbonyl (C=O) groups is 2. The van der Waals surface area contributed by atoms with E-state index in [0.717, 1.165) is 42.5 Å². The first-order valence-electron chi connectivity index (χ1n) is 10.8. The topological polar surface area (TPSA) is 86.4 Å². The van der Waals surface area contributed by atoms with Crippen LogP contribution < -0.4 is 21.1 Å². The molecular weight excluding hydrogens is 422 g/mol. The highest BCUT2D eigenvalue weighted by atomic mass is 32.1. The Morgan fingerprint density at radius 2 is 1.72 bits per heavy atom. The number of hydrogen-bond donors (Lipinski definition) is 3. The largest absolute Gasteiger partial charge is 0.343 e. The van der Waals surface area contributed by atoms with E-state index in [1.54, 1.807) is 12.1 Å². The number of anilines is 2. The summed E-state index contributed by atoms with van der Waals surface area (Å²) >= 11 is 1.31. The number of benzene rings is 2. The van der Waals surface area contributed by atoms with Gasteiger partial charge in [0.15, 0.2) is 0 Å². The summed E-state index contributed by atoms with van der Waals surface area (Å²) in [5.41, 5.74) is 6.18. The number of hydrogen-bond acceptors (Lipinski definition) is 4. The predicted octanol–water partition coefficient (Wildman–Crippen LogP) is 5.70. The van der Waals surface area contributed by atoms with Crippen LogP contribution in [0, 0.1) is 6.92 Å². The Morgan fingerprint density at radius 1 is 1.00 bits per heavy atom. The van der Waals surface area contributed by atoms with Crippen molar-refractivity contribution in [3.8, 4) is 11.3 Å². The fourth-order valence-electron chi connectivity index (χ4n) is 3.68. The molecule has 32 heavy (non-hydrogen) atoms. The molecule has 0 bridgehead atoms. The van der Waals surface area contributed by atoms with E-state index in [4.69, 9.17) is 0 Å². The second-order valence-corrected chi connectivity index (χ2v) is 8.77. The van der Waals surface area contributed by atoms with Gasteiger partial charge in [-0.3, -0.25) is 0 Å². The Labute approximate surface area is 191 Å². The highest BCUT2D eigenvalue weighted by molar-refractivity contribution is 7.14. The van der Waals surface area contributed by atoms with Gasteiger partial charge in [0.2, 0.25) is 5.13 Å². The van der Waals surface area contributed by atoms with Crippen molar-refractivity contribution < 1.29 is 9.59 Å². The van der Waals surface area contributed by atoms with Gasteiger partial charge in [-0.1, -0.05) is 67.3 Å². The zero-order valence-electron chi connectivity index (χ0n) is 18.0. The predicted molar refractivity (Wildman–Crippen MR) is 129 cm³/mol. The van der Waals surface area contributed by atoms with Gasteiger partial charge in [0.05, 0.1) is 5.69 Å². The van der Waals surface area contributed by atoms with E-state index < -0.39 is 6.03 Å². The molecule has 1 aromatic heterocycles. The van der Waals surface area contributed by atoms with Gasteiger partial charge in [-0.25, -0.2) is 20.0 Å². The molecule has 1 aliphatic rings. The first-order chi connectivity index (χ1) is 15.6. The zero-order chi connectivity index (χ0) is 22.3. The van der Waals surface area contributed by atoms with Crippen LogP contribution in [-0.2, 0) is 0 Å². The van der Waals surface area contributed by atoms with Crippen LogP contribution in [0.3, 0.4) is 0 Å². The van der Waals surface area contributed by atoms with Crippen molar-refractivity contribution in [2.75, 3.05) is 10.3 Å². The summed E-state index contributed by atoms with van der Waals surface area (Å²) < 4.78 is 0. The van der Waals surface area contributed by atoms with Gasteiger partial charge < -0.3 is 10.6 Å². The van der Waals surface area contributed by atoms with Gasteiger partial charge in [-0.2, -0.15) is 5.01 Å². The van der Waals surface area contributed by atoms with E-state index in [9.17, 15) is 9.59 Å². The summed E-state index contributed by atoms with van der Waals surface area (Å²) in [5, 5.41) is 9.30. The molecule has 4 amide bonds. The molecule has 7 nitrogen and oxygen atoms in total. The Morgan fingerprint density at radius 3 is 2.44 bits per heavy atom. The number of carbonyl (C=O) groups excluding carboxylic acids is 2. The Bertz CT molecular complexity index is 1050. The second-order valence-electron chi connectivity index (χ2n) is 7.93. The number of urea groups is 2. The van der Waals surface area contributed by atoms with Crippen LogP contribution >= 0.6 is 11.3 Å². The van der Waals surface area contributed by atoms with Crippen molar-refractivity contribution in [1.29, 1.82) is 0 Å². The average molecular weight is 450 g/mol. The summed E-state index contributed by atoms with van der Waals surface area (Å²) in [7, 11) is 0. The number of nitrogens with one attached hydrogen (secondary N) is 3. The lowest BCUT2D eigenvalue weighted by atomic mass is 9.96. The fourth-order valence-corrected chi connectivity index (χ4v) is 4.47. The van der Waals surface area contributed by atoms with Gasteiger partial charge in [-0.15, -0.1) is 11.3 Å². The molecular formula is C24H27N5O2S. The van der Waals surface area contributed by atoms with Crippen molar-refractivity contribution >= 4 is 34.2 Å². The van der Waals surface area contributed by atoms with Gasteiger partial charge in [-0.05, 0) is 31.9 Å². The zero-order valence-corrected chi connectivity index (χ0v) is 18.8. The fraction of sp³-hybridized carbons (Fsp3) is 0.292. The standard InChI is InChI=1S/C24H27N5O2S/c1-17-12-14-18(15-13-17)21-16-32-24(27-21)29(23(31)26-20-10-6-3-7-11-20)28-22(30)25-19-8-4-2-5-9-19/h2,4-5,8-9,12-16,20H,3,6-7,10-11H2,1H3,(H,26,31)(H2,25,28,30). The van der Waals surface area contributed by atoms with Crippen LogP contribution in [0.5, 0.6) is 0 Å². The highest BCUT2D eigenvalue weighted by Crippen LogP contribution is 2.27. The van der Waals surface area contributed by atoms with Crippen molar-refractivity contribution in [1.82, 2.24) is 15.7 Å². The summed E-state index contributed by atoms with van der Waals surface area (Å²) in [4.78, 5) is 30.4.